The quantitative estimate of drug-likeness (QED) is 0.629. The predicted octanol–water partition coefficient (Wildman–Crippen LogP) is 2.80. The second-order valence-corrected chi connectivity index (χ2v) is 5.57. The highest BCUT2D eigenvalue weighted by Crippen LogP contribution is 2.12. The Labute approximate surface area is 147 Å². The van der Waals surface area contributed by atoms with Crippen molar-refractivity contribution in [2.45, 2.75) is 20.3 Å². The maximum Gasteiger partial charge on any atom is 0.276 e. The molecule has 0 aromatic heterocycles. The zero-order chi connectivity index (χ0) is 18.1. The molecule has 0 aliphatic carbocycles. The molecule has 0 bridgehead atoms. The second kappa shape index (κ2) is 9.27. The molecule has 2 N–H and O–H groups in total. The van der Waals surface area contributed by atoms with Gasteiger partial charge in [-0.3, -0.25) is 20.4 Å². The minimum atomic E-state index is -0.433. The number of ether oxygens (including phenoxy) is 1. The summed E-state index contributed by atoms with van der Waals surface area (Å²) in [5.74, 6) is -0.239. The van der Waals surface area contributed by atoms with Gasteiger partial charge in [-0.05, 0) is 42.7 Å². The first-order valence-corrected chi connectivity index (χ1v) is 8.12. The van der Waals surface area contributed by atoms with Gasteiger partial charge < -0.3 is 4.74 Å². The van der Waals surface area contributed by atoms with Crippen molar-refractivity contribution in [3.63, 3.8) is 0 Å². The number of rotatable bonds is 6. The van der Waals surface area contributed by atoms with Crippen molar-refractivity contribution in [1.82, 2.24) is 10.9 Å². The van der Waals surface area contributed by atoms with Gasteiger partial charge in [0.15, 0.2) is 6.61 Å². The normalized spacial score (nSPS) is 10.5. The number of nitrogens with one attached hydrogen (secondary N) is 2. The third-order valence-electron chi connectivity index (χ3n) is 3.50. The molecule has 130 valence electrons. The summed E-state index contributed by atoms with van der Waals surface area (Å²) in [4.78, 5) is 23.4. The Morgan fingerprint density at radius 2 is 1.84 bits per heavy atom. The van der Waals surface area contributed by atoms with E-state index < -0.39 is 11.8 Å². The summed E-state index contributed by atoms with van der Waals surface area (Å²) in [6, 6.07) is 15.3. The van der Waals surface area contributed by atoms with Crippen LogP contribution in [0.15, 0.2) is 54.6 Å². The van der Waals surface area contributed by atoms with Crippen LogP contribution in [-0.4, -0.2) is 18.4 Å². The van der Waals surface area contributed by atoms with Crippen LogP contribution in [0.4, 0.5) is 0 Å². The molecule has 5 nitrogen and oxygen atoms in total. The van der Waals surface area contributed by atoms with E-state index in [9.17, 15) is 9.59 Å². The van der Waals surface area contributed by atoms with E-state index in [1.807, 2.05) is 55.5 Å². The standard InChI is InChI=1S/C20H22N2O3/c1-3-16-7-10-18(11-8-16)25-14-20(24)22-21-19(23)12-9-17-6-4-5-15(2)13-17/h4-13H,3,14H2,1-2H3,(H,21,23)(H,22,24)/b12-9+. The summed E-state index contributed by atoms with van der Waals surface area (Å²) >= 11 is 0. The fourth-order valence-electron chi connectivity index (χ4n) is 2.13. The molecule has 25 heavy (non-hydrogen) atoms. The zero-order valence-electron chi connectivity index (χ0n) is 14.4. The number of aryl methyl sites for hydroxylation is 2. The molecule has 2 amide bonds. The molecule has 0 spiro atoms. The van der Waals surface area contributed by atoms with E-state index in [1.165, 1.54) is 11.6 Å². The number of benzene rings is 2. The van der Waals surface area contributed by atoms with Gasteiger partial charge in [-0.25, -0.2) is 0 Å². The van der Waals surface area contributed by atoms with Gasteiger partial charge >= 0.3 is 0 Å². The first-order chi connectivity index (χ1) is 12.1. The third-order valence-corrected chi connectivity index (χ3v) is 3.50. The van der Waals surface area contributed by atoms with Gasteiger partial charge in [-0.1, -0.05) is 48.9 Å². The van der Waals surface area contributed by atoms with Gasteiger partial charge in [0.2, 0.25) is 0 Å². The fraction of sp³-hybridized carbons (Fsp3) is 0.200. The lowest BCUT2D eigenvalue weighted by molar-refractivity contribution is -0.128. The molecule has 0 aliphatic heterocycles. The molecule has 0 atom stereocenters. The van der Waals surface area contributed by atoms with Crippen LogP contribution in [-0.2, 0) is 16.0 Å². The highest BCUT2D eigenvalue weighted by atomic mass is 16.5. The number of carbonyl (C=O) groups excluding carboxylic acids is 2. The summed E-state index contributed by atoms with van der Waals surface area (Å²) in [5.41, 5.74) is 7.85. The van der Waals surface area contributed by atoms with Gasteiger partial charge in [-0.2, -0.15) is 0 Å². The van der Waals surface area contributed by atoms with Crippen molar-refractivity contribution < 1.29 is 14.3 Å². The molecule has 0 fully saturated rings. The van der Waals surface area contributed by atoms with E-state index in [4.69, 9.17) is 4.74 Å². The van der Waals surface area contributed by atoms with Crippen LogP contribution < -0.4 is 15.6 Å². The molecule has 0 radical (unpaired) electrons. The minimum absolute atomic E-state index is 0.173. The average Bonchev–Trinajstić information content (AvgIpc) is 2.63. The van der Waals surface area contributed by atoms with Crippen LogP contribution in [0.25, 0.3) is 6.08 Å². The maximum absolute atomic E-state index is 11.7. The van der Waals surface area contributed by atoms with Gasteiger partial charge in [0.05, 0.1) is 0 Å². The largest absolute Gasteiger partial charge is 0.484 e. The minimum Gasteiger partial charge on any atom is -0.484 e. The topological polar surface area (TPSA) is 67.4 Å². The van der Waals surface area contributed by atoms with Crippen LogP contribution in [0.3, 0.4) is 0 Å². The second-order valence-electron chi connectivity index (χ2n) is 5.57. The van der Waals surface area contributed by atoms with Crippen LogP contribution in [0, 0.1) is 6.92 Å². The lowest BCUT2D eigenvalue weighted by Crippen LogP contribution is -2.43. The molecular weight excluding hydrogens is 316 g/mol. The van der Waals surface area contributed by atoms with E-state index in [-0.39, 0.29) is 6.61 Å². The number of hydrogen-bond donors (Lipinski definition) is 2. The van der Waals surface area contributed by atoms with Gasteiger partial charge in [0.25, 0.3) is 11.8 Å². The molecule has 0 unspecified atom stereocenters. The van der Waals surface area contributed by atoms with Crippen molar-refractivity contribution in [2.75, 3.05) is 6.61 Å². The Kier molecular flexibility index (Phi) is 6.77. The van der Waals surface area contributed by atoms with Gasteiger partial charge in [0, 0.05) is 6.08 Å². The Morgan fingerprint density at radius 3 is 2.52 bits per heavy atom. The SMILES string of the molecule is CCc1ccc(OCC(=O)NNC(=O)/C=C/c2cccc(C)c2)cc1. The van der Waals surface area contributed by atoms with E-state index in [1.54, 1.807) is 6.08 Å². The lowest BCUT2D eigenvalue weighted by Gasteiger charge is -2.08. The maximum atomic E-state index is 11.7. The molecule has 2 aromatic carbocycles. The Balaban J connectivity index is 1.72. The number of amides is 2. The summed E-state index contributed by atoms with van der Waals surface area (Å²) in [7, 11) is 0. The van der Waals surface area contributed by atoms with E-state index in [0.29, 0.717) is 5.75 Å². The Bertz CT molecular complexity index is 752. The van der Waals surface area contributed by atoms with Crippen molar-refractivity contribution in [3.05, 3.63) is 71.3 Å². The van der Waals surface area contributed by atoms with E-state index in [0.717, 1.165) is 17.5 Å². The van der Waals surface area contributed by atoms with E-state index >= 15 is 0 Å². The molecule has 0 saturated carbocycles. The van der Waals surface area contributed by atoms with Crippen LogP contribution in [0.2, 0.25) is 0 Å². The van der Waals surface area contributed by atoms with Crippen molar-refractivity contribution in [3.8, 4) is 5.75 Å². The fourth-order valence-corrected chi connectivity index (χ4v) is 2.13. The molecule has 0 saturated heterocycles. The van der Waals surface area contributed by atoms with Crippen LogP contribution in [0.5, 0.6) is 5.75 Å². The number of carbonyl (C=O) groups is 2. The van der Waals surface area contributed by atoms with Crippen molar-refractivity contribution in [2.24, 2.45) is 0 Å². The molecule has 0 aliphatic rings. The summed E-state index contributed by atoms with van der Waals surface area (Å²) in [6.45, 7) is 3.88. The van der Waals surface area contributed by atoms with Gasteiger partial charge in [-0.15, -0.1) is 0 Å². The average molecular weight is 338 g/mol. The molecule has 5 heteroatoms. The number of hydrogen-bond acceptors (Lipinski definition) is 3. The van der Waals surface area contributed by atoms with Crippen LogP contribution >= 0.6 is 0 Å². The molecule has 2 rings (SSSR count). The smallest absolute Gasteiger partial charge is 0.276 e. The third kappa shape index (κ3) is 6.51. The Hall–Kier alpha value is -3.08. The molecule has 0 heterocycles. The summed E-state index contributed by atoms with van der Waals surface area (Å²) in [5, 5.41) is 0. The van der Waals surface area contributed by atoms with Gasteiger partial charge in [0.1, 0.15) is 5.75 Å². The van der Waals surface area contributed by atoms with Crippen molar-refractivity contribution in [1.29, 1.82) is 0 Å². The summed E-state index contributed by atoms with van der Waals surface area (Å²) in [6.07, 6.45) is 3.99. The summed E-state index contributed by atoms with van der Waals surface area (Å²) < 4.78 is 5.36. The first kappa shape index (κ1) is 18.3. The van der Waals surface area contributed by atoms with Crippen molar-refractivity contribution >= 4 is 17.9 Å². The molecular formula is C20H22N2O3. The van der Waals surface area contributed by atoms with Crippen LogP contribution in [0.1, 0.15) is 23.6 Å². The number of hydrazine groups is 1. The highest BCUT2D eigenvalue weighted by Gasteiger charge is 2.04. The zero-order valence-corrected chi connectivity index (χ0v) is 14.4. The predicted molar refractivity (Wildman–Crippen MR) is 97.8 cm³/mol. The first-order valence-electron chi connectivity index (χ1n) is 8.12. The lowest BCUT2D eigenvalue weighted by atomic mass is 10.1. The highest BCUT2D eigenvalue weighted by molar-refractivity contribution is 5.93. The Morgan fingerprint density at radius 1 is 1.08 bits per heavy atom. The molecule has 2 aromatic rings. The van der Waals surface area contributed by atoms with E-state index in [2.05, 4.69) is 17.8 Å². The monoisotopic (exact) mass is 338 g/mol.